The van der Waals surface area contributed by atoms with Crippen molar-refractivity contribution in [2.75, 3.05) is 24.2 Å². The Morgan fingerprint density at radius 2 is 1.67 bits per heavy atom. The first-order valence-corrected chi connectivity index (χ1v) is 16.1. The predicted octanol–water partition coefficient (Wildman–Crippen LogP) is 5.43. The zero-order valence-corrected chi connectivity index (χ0v) is 25.7. The highest BCUT2D eigenvalue weighted by molar-refractivity contribution is 7.91. The zero-order valence-electron chi connectivity index (χ0n) is 24.9. The number of ether oxygens (including phenoxy) is 1. The minimum atomic E-state index is -5.44. The Labute approximate surface area is 257 Å². The third-order valence-electron chi connectivity index (χ3n) is 8.56. The molecule has 1 aliphatic carbocycles. The number of hydrogen-bond donors (Lipinski definition) is 0. The van der Waals surface area contributed by atoms with E-state index in [4.69, 9.17) is 0 Å². The fourth-order valence-electron chi connectivity index (χ4n) is 6.27. The first-order chi connectivity index (χ1) is 20.9. The van der Waals surface area contributed by atoms with Gasteiger partial charge in [-0.1, -0.05) is 24.3 Å². The SMILES string of the molecule is CC(C)N(C)[C@@H]1CC[C@H](N2CC[C@H](N(C(=O)C(F)(F)F)c3cccc(OC(F)(F)F)c3)C2=O)[C@@H](CS(=O)(=O)c2ccccc2)C1. The molecule has 8 nitrogen and oxygen atoms in total. The minimum Gasteiger partial charge on any atom is -0.406 e. The predicted molar refractivity (Wildman–Crippen MR) is 153 cm³/mol. The molecule has 4 rings (SSSR count). The number of likely N-dealkylation sites (tertiary alicyclic amines) is 1. The lowest BCUT2D eigenvalue weighted by atomic mass is 9.81. The molecule has 0 N–H and O–H groups in total. The van der Waals surface area contributed by atoms with Crippen LogP contribution in [0.3, 0.4) is 0 Å². The molecule has 1 aliphatic heterocycles. The van der Waals surface area contributed by atoms with Crippen LogP contribution in [0.2, 0.25) is 0 Å². The third kappa shape index (κ3) is 8.10. The van der Waals surface area contributed by atoms with Crippen molar-refractivity contribution in [3.63, 3.8) is 0 Å². The van der Waals surface area contributed by atoms with E-state index in [1.165, 1.54) is 17.0 Å². The van der Waals surface area contributed by atoms with Crippen molar-refractivity contribution in [2.45, 2.75) is 81.1 Å². The topological polar surface area (TPSA) is 87.2 Å². The summed E-state index contributed by atoms with van der Waals surface area (Å²) in [5, 5.41) is 0. The van der Waals surface area contributed by atoms with Crippen LogP contribution in [0.1, 0.15) is 39.5 Å². The molecule has 4 atom stereocenters. The quantitative estimate of drug-likeness (QED) is 0.333. The van der Waals surface area contributed by atoms with E-state index < -0.39 is 63.6 Å². The van der Waals surface area contributed by atoms with Crippen molar-refractivity contribution in [3.05, 3.63) is 54.6 Å². The van der Waals surface area contributed by atoms with Crippen molar-refractivity contribution in [3.8, 4) is 5.75 Å². The number of hydrogen-bond acceptors (Lipinski definition) is 6. The van der Waals surface area contributed by atoms with Crippen LogP contribution in [0.15, 0.2) is 59.5 Å². The number of benzene rings is 2. The Morgan fingerprint density at radius 3 is 2.27 bits per heavy atom. The van der Waals surface area contributed by atoms with Gasteiger partial charge in [0.2, 0.25) is 5.91 Å². The van der Waals surface area contributed by atoms with Crippen LogP contribution in [0.5, 0.6) is 5.75 Å². The summed E-state index contributed by atoms with van der Waals surface area (Å²) in [4.78, 5) is 30.2. The summed E-state index contributed by atoms with van der Waals surface area (Å²) in [6, 6.07) is 9.08. The standard InChI is InChI=1S/C30H35F6N3O5S/c1-19(2)37(3)21-12-13-25(20(16-21)18-45(42,43)24-10-5-4-6-11-24)38-15-14-26(27(38)40)39(28(41)29(31,32)33)22-8-7-9-23(17-22)44-30(34,35)36/h4-11,17,19-21,25-26H,12-16,18H2,1-3H3/t20-,21-,25+,26+/m1/s1. The molecular formula is C30H35F6N3O5S. The number of sulfone groups is 1. The molecule has 0 bridgehead atoms. The smallest absolute Gasteiger partial charge is 0.406 e. The summed E-state index contributed by atoms with van der Waals surface area (Å²) in [5.74, 6) is -5.00. The summed E-state index contributed by atoms with van der Waals surface area (Å²) < 4.78 is 111. The van der Waals surface area contributed by atoms with Gasteiger partial charge in [0.05, 0.1) is 10.6 Å². The highest BCUT2D eigenvalue weighted by atomic mass is 32.2. The number of alkyl halides is 6. The van der Waals surface area contributed by atoms with Crippen LogP contribution in [-0.4, -0.2) is 86.1 Å². The number of halogens is 6. The molecule has 0 spiro atoms. The van der Waals surface area contributed by atoms with Gasteiger partial charge in [0.15, 0.2) is 9.84 Å². The summed E-state index contributed by atoms with van der Waals surface area (Å²) in [6.45, 7) is 3.93. The normalized spacial score (nSPS) is 23.1. The number of anilines is 1. The second-order valence-electron chi connectivity index (χ2n) is 11.7. The molecule has 0 unspecified atom stereocenters. The van der Waals surface area contributed by atoms with Crippen molar-refractivity contribution in [1.82, 2.24) is 9.80 Å². The Kier molecular flexibility index (Phi) is 10.1. The van der Waals surface area contributed by atoms with Gasteiger partial charge in [0.1, 0.15) is 11.8 Å². The molecule has 1 heterocycles. The van der Waals surface area contributed by atoms with E-state index in [9.17, 15) is 44.3 Å². The minimum absolute atomic E-state index is 0.00889. The van der Waals surface area contributed by atoms with Crippen molar-refractivity contribution in [2.24, 2.45) is 5.92 Å². The molecule has 2 fully saturated rings. The Balaban J connectivity index is 1.66. The largest absolute Gasteiger partial charge is 0.573 e. The highest BCUT2D eigenvalue weighted by Gasteiger charge is 2.51. The lowest BCUT2D eigenvalue weighted by Crippen LogP contribution is -2.55. The third-order valence-corrected chi connectivity index (χ3v) is 10.4. The fourth-order valence-corrected chi connectivity index (χ4v) is 7.96. The van der Waals surface area contributed by atoms with Gasteiger partial charge in [-0.25, -0.2) is 8.42 Å². The number of amides is 2. The second-order valence-corrected chi connectivity index (χ2v) is 13.7. The van der Waals surface area contributed by atoms with Gasteiger partial charge in [-0.3, -0.25) is 14.5 Å². The van der Waals surface area contributed by atoms with E-state index in [0.29, 0.717) is 25.3 Å². The average molecular weight is 664 g/mol. The molecular weight excluding hydrogens is 628 g/mol. The maximum atomic E-state index is 13.9. The van der Waals surface area contributed by atoms with Crippen molar-refractivity contribution in [1.29, 1.82) is 0 Å². The molecule has 45 heavy (non-hydrogen) atoms. The summed E-state index contributed by atoms with van der Waals surface area (Å²) in [6.07, 6.45) is -9.46. The first-order valence-electron chi connectivity index (χ1n) is 14.5. The molecule has 2 aromatic rings. The number of carbonyl (C=O) groups is 2. The molecule has 0 radical (unpaired) electrons. The van der Waals surface area contributed by atoms with Gasteiger partial charge < -0.3 is 14.5 Å². The van der Waals surface area contributed by atoms with E-state index in [1.807, 2.05) is 20.9 Å². The zero-order chi connectivity index (χ0) is 33.3. The van der Waals surface area contributed by atoms with E-state index in [-0.39, 0.29) is 40.6 Å². The Hall–Kier alpha value is -3.33. The molecule has 2 amide bonds. The first kappa shape index (κ1) is 34.5. The van der Waals surface area contributed by atoms with Gasteiger partial charge in [-0.15, -0.1) is 13.2 Å². The Morgan fingerprint density at radius 1 is 1.00 bits per heavy atom. The molecule has 1 saturated heterocycles. The number of nitrogens with zero attached hydrogens (tertiary/aromatic N) is 3. The van der Waals surface area contributed by atoms with E-state index in [1.54, 1.807) is 18.2 Å². The van der Waals surface area contributed by atoms with E-state index >= 15 is 0 Å². The van der Waals surface area contributed by atoms with Crippen molar-refractivity contribution < 1.29 is 49.1 Å². The van der Waals surface area contributed by atoms with Crippen LogP contribution >= 0.6 is 0 Å². The van der Waals surface area contributed by atoms with E-state index in [2.05, 4.69) is 9.64 Å². The fraction of sp³-hybridized carbons (Fsp3) is 0.533. The van der Waals surface area contributed by atoms with Crippen LogP contribution < -0.4 is 9.64 Å². The van der Waals surface area contributed by atoms with E-state index in [0.717, 1.165) is 18.2 Å². The van der Waals surface area contributed by atoms with Gasteiger partial charge in [0.25, 0.3) is 0 Å². The maximum Gasteiger partial charge on any atom is 0.573 e. The highest BCUT2D eigenvalue weighted by Crippen LogP contribution is 2.38. The van der Waals surface area contributed by atoms with Crippen LogP contribution in [0.25, 0.3) is 0 Å². The molecule has 2 aliphatic rings. The van der Waals surface area contributed by atoms with Crippen LogP contribution in [0.4, 0.5) is 32.0 Å². The summed E-state index contributed by atoms with van der Waals surface area (Å²) in [5.41, 5.74) is -0.593. The average Bonchev–Trinajstić information content (AvgIpc) is 3.32. The molecule has 0 aromatic heterocycles. The van der Waals surface area contributed by atoms with Crippen LogP contribution in [0, 0.1) is 5.92 Å². The summed E-state index contributed by atoms with van der Waals surface area (Å²) >= 11 is 0. The Bertz CT molecular complexity index is 1470. The van der Waals surface area contributed by atoms with Gasteiger partial charge in [-0.2, -0.15) is 13.2 Å². The maximum absolute atomic E-state index is 13.9. The number of carbonyl (C=O) groups excluding carboxylic acids is 2. The number of rotatable bonds is 9. The van der Waals surface area contributed by atoms with Crippen molar-refractivity contribution >= 4 is 27.3 Å². The van der Waals surface area contributed by atoms with Crippen LogP contribution in [-0.2, 0) is 19.4 Å². The lowest BCUT2D eigenvalue weighted by molar-refractivity contribution is -0.274. The molecule has 1 saturated carbocycles. The van der Waals surface area contributed by atoms with Gasteiger partial charge in [0, 0.05) is 36.4 Å². The molecule has 2 aromatic carbocycles. The monoisotopic (exact) mass is 663 g/mol. The molecule has 248 valence electrons. The lowest BCUT2D eigenvalue weighted by Gasteiger charge is -2.44. The molecule has 15 heteroatoms. The summed E-state index contributed by atoms with van der Waals surface area (Å²) in [7, 11) is -1.89. The second kappa shape index (κ2) is 13.2. The van der Waals surface area contributed by atoms with Gasteiger partial charge in [-0.05, 0) is 76.8 Å². The van der Waals surface area contributed by atoms with Gasteiger partial charge >= 0.3 is 18.4 Å².